The molecular weight excluding hydrogens is 225 g/mol. The maximum atomic E-state index is 13.3. The molecular formula is C13H11ClFN. The first kappa shape index (κ1) is 10.0. The van der Waals surface area contributed by atoms with Gasteiger partial charge in [0.1, 0.15) is 5.82 Å². The Hall–Kier alpha value is -1.15. The van der Waals surface area contributed by atoms with Crippen molar-refractivity contribution in [2.45, 2.75) is 25.7 Å². The first-order chi connectivity index (χ1) is 7.65. The zero-order valence-corrected chi connectivity index (χ0v) is 9.68. The molecule has 2 aromatic rings. The van der Waals surface area contributed by atoms with Gasteiger partial charge in [-0.1, -0.05) is 11.6 Å². The molecule has 0 spiro atoms. The summed E-state index contributed by atoms with van der Waals surface area (Å²) in [6.45, 7) is 1.86. The van der Waals surface area contributed by atoms with Gasteiger partial charge in [0.15, 0.2) is 0 Å². The van der Waals surface area contributed by atoms with Gasteiger partial charge in [-0.3, -0.25) is 4.98 Å². The minimum absolute atomic E-state index is 0.249. The van der Waals surface area contributed by atoms with Crippen molar-refractivity contribution in [2.75, 3.05) is 0 Å². The van der Waals surface area contributed by atoms with Crippen molar-refractivity contribution in [3.05, 3.63) is 40.3 Å². The SMILES string of the molecule is Cc1cc(F)cc2nc(C3CC3)cc(Cl)c12. The lowest BCUT2D eigenvalue weighted by molar-refractivity contribution is 0.628. The van der Waals surface area contributed by atoms with Gasteiger partial charge >= 0.3 is 0 Å². The predicted molar refractivity (Wildman–Crippen MR) is 63.4 cm³/mol. The Morgan fingerprint density at radius 1 is 1.31 bits per heavy atom. The average molecular weight is 236 g/mol. The van der Waals surface area contributed by atoms with Crippen LogP contribution in [0.4, 0.5) is 4.39 Å². The number of pyridine rings is 1. The Morgan fingerprint density at radius 3 is 2.75 bits per heavy atom. The number of halogens is 2. The van der Waals surface area contributed by atoms with E-state index in [4.69, 9.17) is 11.6 Å². The first-order valence-corrected chi connectivity index (χ1v) is 5.79. The highest BCUT2D eigenvalue weighted by atomic mass is 35.5. The van der Waals surface area contributed by atoms with Gasteiger partial charge in [0, 0.05) is 23.1 Å². The number of nitrogens with zero attached hydrogens (tertiary/aromatic N) is 1. The summed E-state index contributed by atoms with van der Waals surface area (Å²) in [5, 5.41) is 1.55. The molecule has 1 fully saturated rings. The van der Waals surface area contributed by atoms with Crippen LogP contribution >= 0.6 is 11.6 Å². The zero-order chi connectivity index (χ0) is 11.3. The monoisotopic (exact) mass is 235 g/mol. The number of rotatable bonds is 1. The highest BCUT2D eigenvalue weighted by Crippen LogP contribution is 2.41. The topological polar surface area (TPSA) is 12.9 Å². The van der Waals surface area contributed by atoms with Crippen LogP contribution in [0, 0.1) is 12.7 Å². The second-order valence-electron chi connectivity index (χ2n) is 4.42. The molecule has 0 bridgehead atoms. The molecule has 0 radical (unpaired) electrons. The van der Waals surface area contributed by atoms with E-state index in [1.54, 1.807) is 0 Å². The van der Waals surface area contributed by atoms with E-state index >= 15 is 0 Å². The molecule has 0 atom stereocenters. The van der Waals surface area contributed by atoms with Gasteiger partial charge in [0.2, 0.25) is 0 Å². The number of hydrogen-bond acceptors (Lipinski definition) is 1. The molecule has 82 valence electrons. The molecule has 1 aliphatic carbocycles. The summed E-state index contributed by atoms with van der Waals surface area (Å²) in [6, 6.07) is 4.87. The Balaban J connectivity index is 2.32. The second kappa shape index (κ2) is 3.42. The van der Waals surface area contributed by atoms with Crippen molar-refractivity contribution in [3.63, 3.8) is 0 Å². The van der Waals surface area contributed by atoms with Crippen molar-refractivity contribution in [1.82, 2.24) is 4.98 Å². The quantitative estimate of drug-likeness (QED) is 0.722. The number of benzene rings is 1. The molecule has 1 aromatic heterocycles. The van der Waals surface area contributed by atoms with E-state index < -0.39 is 0 Å². The molecule has 0 amide bonds. The third kappa shape index (κ3) is 1.57. The van der Waals surface area contributed by atoms with Crippen LogP contribution in [0.25, 0.3) is 10.9 Å². The highest BCUT2D eigenvalue weighted by molar-refractivity contribution is 6.35. The molecule has 16 heavy (non-hydrogen) atoms. The molecule has 0 unspecified atom stereocenters. The van der Waals surface area contributed by atoms with E-state index in [1.807, 2.05) is 13.0 Å². The summed E-state index contributed by atoms with van der Waals surface area (Å²) >= 11 is 6.23. The van der Waals surface area contributed by atoms with E-state index in [9.17, 15) is 4.39 Å². The number of aryl methyl sites for hydroxylation is 1. The zero-order valence-electron chi connectivity index (χ0n) is 8.93. The molecule has 1 heterocycles. The third-order valence-corrected chi connectivity index (χ3v) is 3.34. The lowest BCUT2D eigenvalue weighted by Gasteiger charge is -2.07. The van der Waals surface area contributed by atoms with Gasteiger partial charge in [0.05, 0.1) is 10.5 Å². The summed E-state index contributed by atoms with van der Waals surface area (Å²) in [6.07, 6.45) is 2.34. The highest BCUT2D eigenvalue weighted by Gasteiger charge is 2.26. The fourth-order valence-corrected chi connectivity index (χ4v) is 2.44. The summed E-state index contributed by atoms with van der Waals surface area (Å²) in [7, 11) is 0. The fraction of sp³-hybridized carbons (Fsp3) is 0.308. The molecule has 0 saturated heterocycles. The van der Waals surface area contributed by atoms with Gasteiger partial charge in [-0.2, -0.15) is 0 Å². The standard InChI is InChI=1S/C13H11ClFN/c1-7-4-9(15)5-12-13(7)10(14)6-11(16-12)8-2-3-8/h4-6,8H,2-3H2,1H3. The number of aromatic nitrogens is 1. The van der Waals surface area contributed by atoms with Gasteiger partial charge in [-0.15, -0.1) is 0 Å². The normalized spacial score (nSPS) is 15.7. The van der Waals surface area contributed by atoms with Gasteiger partial charge in [-0.05, 0) is 37.5 Å². The van der Waals surface area contributed by atoms with Gasteiger partial charge in [0.25, 0.3) is 0 Å². The molecule has 1 saturated carbocycles. The number of fused-ring (bicyclic) bond motifs is 1. The Labute approximate surface area is 98.3 Å². The van der Waals surface area contributed by atoms with Crippen LogP contribution in [0.2, 0.25) is 5.02 Å². The van der Waals surface area contributed by atoms with Crippen molar-refractivity contribution in [2.24, 2.45) is 0 Å². The molecule has 3 heteroatoms. The summed E-state index contributed by atoms with van der Waals surface area (Å²) in [5.74, 6) is 0.284. The third-order valence-electron chi connectivity index (χ3n) is 3.04. The molecule has 0 N–H and O–H groups in total. The van der Waals surface area contributed by atoms with Crippen LogP contribution in [-0.4, -0.2) is 4.98 Å². The van der Waals surface area contributed by atoms with Crippen molar-refractivity contribution >= 4 is 22.5 Å². The minimum Gasteiger partial charge on any atom is -0.252 e. The fourth-order valence-electron chi connectivity index (χ4n) is 2.09. The lowest BCUT2D eigenvalue weighted by Crippen LogP contribution is -1.92. The maximum Gasteiger partial charge on any atom is 0.125 e. The second-order valence-corrected chi connectivity index (χ2v) is 4.83. The molecule has 1 aromatic carbocycles. The van der Waals surface area contributed by atoms with Crippen molar-refractivity contribution < 1.29 is 4.39 Å². The van der Waals surface area contributed by atoms with Crippen LogP contribution in [0.1, 0.15) is 30.0 Å². The van der Waals surface area contributed by atoms with Gasteiger partial charge in [-0.25, -0.2) is 4.39 Å². The average Bonchev–Trinajstić information content (AvgIpc) is 2.97. The predicted octanol–water partition coefficient (Wildman–Crippen LogP) is 4.21. The van der Waals surface area contributed by atoms with Crippen LogP contribution in [-0.2, 0) is 0 Å². The summed E-state index contributed by atoms with van der Waals surface area (Å²) in [5.41, 5.74) is 2.52. The van der Waals surface area contributed by atoms with Crippen molar-refractivity contribution in [1.29, 1.82) is 0 Å². The molecule has 1 nitrogen and oxygen atoms in total. The summed E-state index contributed by atoms with van der Waals surface area (Å²) in [4.78, 5) is 4.50. The van der Waals surface area contributed by atoms with E-state index in [0.717, 1.165) is 16.6 Å². The largest absolute Gasteiger partial charge is 0.252 e. The van der Waals surface area contributed by atoms with Crippen LogP contribution in [0.5, 0.6) is 0 Å². The first-order valence-electron chi connectivity index (χ1n) is 5.41. The Bertz CT molecular complexity index is 576. The molecule has 3 rings (SSSR count). The minimum atomic E-state index is -0.249. The summed E-state index contributed by atoms with van der Waals surface area (Å²) < 4.78 is 13.3. The van der Waals surface area contributed by atoms with Crippen LogP contribution in [0.15, 0.2) is 18.2 Å². The number of hydrogen-bond donors (Lipinski definition) is 0. The Morgan fingerprint density at radius 2 is 2.06 bits per heavy atom. The van der Waals surface area contributed by atoms with Crippen molar-refractivity contribution in [3.8, 4) is 0 Å². The lowest BCUT2D eigenvalue weighted by atomic mass is 10.1. The van der Waals surface area contributed by atoms with Gasteiger partial charge < -0.3 is 0 Å². The van der Waals surface area contributed by atoms with Crippen LogP contribution in [0.3, 0.4) is 0 Å². The van der Waals surface area contributed by atoms with E-state index in [2.05, 4.69) is 4.98 Å². The Kier molecular flexibility index (Phi) is 2.15. The molecule has 1 aliphatic rings. The van der Waals surface area contributed by atoms with E-state index in [-0.39, 0.29) is 5.82 Å². The molecule has 0 aliphatic heterocycles. The smallest absolute Gasteiger partial charge is 0.125 e. The van der Waals surface area contributed by atoms with E-state index in [1.165, 1.54) is 25.0 Å². The van der Waals surface area contributed by atoms with Crippen LogP contribution < -0.4 is 0 Å². The maximum absolute atomic E-state index is 13.3. The van der Waals surface area contributed by atoms with E-state index in [0.29, 0.717) is 16.5 Å².